The van der Waals surface area contributed by atoms with Gasteiger partial charge in [0.25, 0.3) is 5.91 Å². The Balaban J connectivity index is 1.51. The molecule has 3 aromatic rings. The number of halogens is 1. The first-order valence-electron chi connectivity index (χ1n) is 8.23. The lowest BCUT2D eigenvalue weighted by Gasteiger charge is -2.10. The van der Waals surface area contributed by atoms with Crippen LogP contribution >= 0.6 is 11.6 Å². The molecule has 0 aliphatic heterocycles. The smallest absolute Gasteiger partial charge is 0.255 e. The van der Waals surface area contributed by atoms with E-state index < -0.39 is 0 Å². The zero-order valence-corrected chi connectivity index (χ0v) is 14.8. The lowest BCUT2D eigenvalue weighted by atomic mass is 10.1. The molecule has 0 bridgehead atoms. The van der Waals surface area contributed by atoms with E-state index >= 15 is 0 Å². The van der Waals surface area contributed by atoms with Gasteiger partial charge < -0.3 is 14.6 Å². The maximum absolute atomic E-state index is 12.5. The fourth-order valence-corrected chi connectivity index (χ4v) is 2.76. The Labute approximate surface area is 155 Å². The fourth-order valence-electron chi connectivity index (χ4n) is 2.59. The molecule has 1 fully saturated rings. The number of hydrogen-bond donors (Lipinski definition) is 1. The first-order chi connectivity index (χ1) is 12.6. The van der Waals surface area contributed by atoms with Crippen molar-refractivity contribution in [2.45, 2.75) is 18.8 Å². The predicted octanol–water partition coefficient (Wildman–Crippen LogP) is 4.53. The maximum atomic E-state index is 12.5. The Morgan fingerprint density at radius 2 is 2.00 bits per heavy atom. The molecule has 132 valence electrons. The van der Waals surface area contributed by atoms with Gasteiger partial charge in [0.15, 0.2) is 0 Å². The maximum Gasteiger partial charge on any atom is 0.255 e. The van der Waals surface area contributed by atoms with Gasteiger partial charge in [-0.05, 0) is 43.2 Å². The van der Waals surface area contributed by atoms with E-state index in [9.17, 15) is 4.79 Å². The third-order valence-corrected chi connectivity index (χ3v) is 4.42. The average Bonchev–Trinajstić information content (AvgIpc) is 3.39. The first-order valence-corrected chi connectivity index (χ1v) is 8.61. The zero-order valence-electron chi connectivity index (χ0n) is 14.0. The molecule has 0 spiro atoms. The van der Waals surface area contributed by atoms with Crippen molar-refractivity contribution in [3.63, 3.8) is 0 Å². The SMILES string of the molecule is COc1ccc(Cl)cc1NC(=O)c1ccc(-c2noc(C3CC3)n2)cc1. The molecule has 1 aliphatic carbocycles. The van der Waals surface area contributed by atoms with Gasteiger partial charge >= 0.3 is 0 Å². The topological polar surface area (TPSA) is 77.2 Å². The van der Waals surface area contributed by atoms with Crippen LogP contribution in [0.3, 0.4) is 0 Å². The van der Waals surface area contributed by atoms with Crippen molar-refractivity contribution in [3.05, 3.63) is 58.9 Å². The van der Waals surface area contributed by atoms with Crippen LogP contribution in [0, 0.1) is 0 Å². The lowest BCUT2D eigenvalue weighted by molar-refractivity contribution is 0.102. The van der Waals surface area contributed by atoms with Gasteiger partial charge in [0.2, 0.25) is 11.7 Å². The number of benzene rings is 2. The molecule has 1 aromatic heterocycles. The summed E-state index contributed by atoms with van der Waals surface area (Å²) in [7, 11) is 1.54. The summed E-state index contributed by atoms with van der Waals surface area (Å²) in [4.78, 5) is 16.9. The second-order valence-corrected chi connectivity index (χ2v) is 6.54. The van der Waals surface area contributed by atoms with Crippen molar-refractivity contribution < 1.29 is 14.1 Å². The quantitative estimate of drug-likeness (QED) is 0.715. The van der Waals surface area contributed by atoms with Gasteiger partial charge in [-0.25, -0.2) is 0 Å². The number of anilines is 1. The summed E-state index contributed by atoms with van der Waals surface area (Å²) in [5, 5.41) is 7.33. The highest BCUT2D eigenvalue weighted by molar-refractivity contribution is 6.31. The van der Waals surface area contributed by atoms with E-state index in [0.717, 1.165) is 18.4 Å². The van der Waals surface area contributed by atoms with Crippen LogP contribution in [0.25, 0.3) is 11.4 Å². The van der Waals surface area contributed by atoms with E-state index in [-0.39, 0.29) is 5.91 Å². The molecular formula is C19H16ClN3O3. The average molecular weight is 370 g/mol. The summed E-state index contributed by atoms with van der Waals surface area (Å²) in [5.74, 6) is 1.92. The van der Waals surface area contributed by atoms with Crippen molar-refractivity contribution in [1.82, 2.24) is 10.1 Å². The largest absolute Gasteiger partial charge is 0.495 e. The molecule has 1 amide bonds. The molecule has 0 unspecified atom stereocenters. The van der Waals surface area contributed by atoms with E-state index in [0.29, 0.717) is 39.7 Å². The first kappa shape index (κ1) is 16.6. The summed E-state index contributed by atoms with van der Waals surface area (Å²) in [6.07, 6.45) is 2.21. The number of carbonyl (C=O) groups excluding carboxylic acids is 1. The summed E-state index contributed by atoms with van der Waals surface area (Å²) in [6, 6.07) is 12.1. The Morgan fingerprint density at radius 3 is 2.69 bits per heavy atom. The van der Waals surface area contributed by atoms with Gasteiger partial charge in [-0.3, -0.25) is 4.79 Å². The number of carbonyl (C=O) groups is 1. The van der Waals surface area contributed by atoms with Crippen molar-refractivity contribution in [2.75, 3.05) is 12.4 Å². The molecule has 1 saturated carbocycles. The van der Waals surface area contributed by atoms with Crippen LogP contribution in [-0.4, -0.2) is 23.2 Å². The second-order valence-electron chi connectivity index (χ2n) is 6.11. The Bertz CT molecular complexity index is 949. The summed E-state index contributed by atoms with van der Waals surface area (Å²) in [6.45, 7) is 0. The van der Waals surface area contributed by atoms with Gasteiger partial charge in [0, 0.05) is 22.1 Å². The van der Waals surface area contributed by atoms with Crippen molar-refractivity contribution in [1.29, 1.82) is 0 Å². The number of aromatic nitrogens is 2. The monoisotopic (exact) mass is 369 g/mol. The normalized spacial score (nSPS) is 13.5. The summed E-state index contributed by atoms with van der Waals surface area (Å²) < 4.78 is 10.5. The molecule has 7 heteroatoms. The summed E-state index contributed by atoms with van der Waals surface area (Å²) in [5.41, 5.74) is 1.82. The van der Waals surface area contributed by atoms with Crippen LogP contribution in [-0.2, 0) is 0 Å². The minimum Gasteiger partial charge on any atom is -0.495 e. The highest BCUT2D eigenvalue weighted by Crippen LogP contribution is 2.39. The lowest BCUT2D eigenvalue weighted by Crippen LogP contribution is -2.12. The van der Waals surface area contributed by atoms with Crippen molar-refractivity contribution in [3.8, 4) is 17.1 Å². The molecule has 4 rings (SSSR count). The van der Waals surface area contributed by atoms with Crippen molar-refractivity contribution in [2.24, 2.45) is 0 Å². The molecule has 0 radical (unpaired) electrons. The molecule has 1 aliphatic rings. The van der Waals surface area contributed by atoms with Gasteiger partial charge in [-0.2, -0.15) is 4.98 Å². The molecule has 0 saturated heterocycles. The van der Waals surface area contributed by atoms with E-state index in [4.69, 9.17) is 20.9 Å². The van der Waals surface area contributed by atoms with Crippen molar-refractivity contribution >= 4 is 23.2 Å². The second kappa shape index (κ2) is 6.80. The predicted molar refractivity (Wildman–Crippen MR) is 97.7 cm³/mol. The number of ether oxygens (including phenoxy) is 1. The van der Waals surface area contributed by atoms with E-state index in [2.05, 4.69) is 15.5 Å². The van der Waals surface area contributed by atoms with Gasteiger partial charge in [0.1, 0.15) is 5.75 Å². The molecule has 26 heavy (non-hydrogen) atoms. The Hall–Kier alpha value is -2.86. The van der Waals surface area contributed by atoms with Crippen LogP contribution in [0.15, 0.2) is 47.0 Å². The van der Waals surface area contributed by atoms with Crippen LogP contribution in [0.5, 0.6) is 5.75 Å². The molecule has 0 atom stereocenters. The highest BCUT2D eigenvalue weighted by Gasteiger charge is 2.29. The number of nitrogens with zero attached hydrogens (tertiary/aromatic N) is 2. The number of nitrogens with one attached hydrogen (secondary N) is 1. The van der Waals surface area contributed by atoms with Gasteiger partial charge in [0.05, 0.1) is 12.8 Å². The molecule has 1 heterocycles. The van der Waals surface area contributed by atoms with E-state index in [1.54, 1.807) is 42.5 Å². The molecular weight excluding hydrogens is 354 g/mol. The van der Waals surface area contributed by atoms with E-state index in [1.807, 2.05) is 0 Å². The highest BCUT2D eigenvalue weighted by atomic mass is 35.5. The van der Waals surface area contributed by atoms with Crippen LogP contribution < -0.4 is 10.1 Å². The van der Waals surface area contributed by atoms with Crippen LogP contribution in [0.4, 0.5) is 5.69 Å². The number of hydrogen-bond acceptors (Lipinski definition) is 5. The molecule has 1 N–H and O–H groups in total. The number of amides is 1. The van der Waals surface area contributed by atoms with Gasteiger partial charge in [-0.1, -0.05) is 28.9 Å². The van der Waals surface area contributed by atoms with Crippen LogP contribution in [0.2, 0.25) is 5.02 Å². The minimum atomic E-state index is -0.260. The fraction of sp³-hybridized carbons (Fsp3) is 0.211. The number of rotatable bonds is 5. The third kappa shape index (κ3) is 3.41. The number of methoxy groups -OCH3 is 1. The zero-order chi connectivity index (χ0) is 18.1. The Kier molecular flexibility index (Phi) is 4.34. The molecule has 6 nitrogen and oxygen atoms in total. The third-order valence-electron chi connectivity index (χ3n) is 4.18. The molecule has 2 aromatic carbocycles. The van der Waals surface area contributed by atoms with Gasteiger partial charge in [-0.15, -0.1) is 0 Å². The Morgan fingerprint density at radius 1 is 1.23 bits per heavy atom. The van der Waals surface area contributed by atoms with E-state index in [1.165, 1.54) is 7.11 Å². The standard InChI is InChI=1S/C19H16ClN3O3/c1-25-16-9-8-14(20)10-15(16)21-18(24)12-4-2-11(3-5-12)17-22-19(26-23-17)13-6-7-13/h2-5,8-10,13H,6-7H2,1H3,(H,21,24). The minimum absolute atomic E-state index is 0.260. The summed E-state index contributed by atoms with van der Waals surface area (Å²) >= 11 is 5.99. The van der Waals surface area contributed by atoms with Crippen LogP contribution in [0.1, 0.15) is 35.0 Å².